The molecule has 0 aromatic carbocycles. The highest BCUT2D eigenvalue weighted by Crippen LogP contribution is 2.43. The normalized spacial score (nSPS) is 14.6. The number of carbonyl (C=O) groups excluding carboxylic acids is 2. The SMILES string of the molecule is CCCCC/C=C\CCCCCCCC(=O)OCC(O)COP(=O)(O)OCC(NC(=O)CCCC)C(=O)O. The monoisotopic (exact) mass is 565 g/mol. The van der Waals surface area contributed by atoms with Crippen LogP contribution in [-0.4, -0.2) is 64.9 Å². The maximum Gasteiger partial charge on any atom is 0.472 e. The molecule has 1 amide bonds. The van der Waals surface area contributed by atoms with E-state index in [1.54, 1.807) is 0 Å². The van der Waals surface area contributed by atoms with E-state index in [4.69, 9.17) is 9.84 Å². The summed E-state index contributed by atoms with van der Waals surface area (Å²) in [6, 6.07) is -1.54. The molecule has 0 aliphatic rings. The number of aliphatic hydroxyl groups is 1. The van der Waals surface area contributed by atoms with Crippen molar-refractivity contribution in [1.82, 2.24) is 5.32 Å². The van der Waals surface area contributed by atoms with Gasteiger partial charge in [-0.2, -0.15) is 0 Å². The summed E-state index contributed by atoms with van der Waals surface area (Å²) in [5.74, 6) is -2.44. The number of carboxylic acids is 1. The molecule has 11 nitrogen and oxygen atoms in total. The molecule has 0 saturated heterocycles. The fraction of sp³-hybridized carbons (Fsp3) is 0.808. The van der Waals surface area contributed by atoms with E-state index >= 15 is 0 Å². The highest BCUT2D eigenvalue weighted by Gasteiger charge is 2.28. The fourth-order valence-electron chi connectivity index (χ4n) is 3.28. The van der Waals surface area contributed by atoms with Crippen molar-refractivity contribution in [3.8, 4) is 0 Å². The molecule has 0 aliphatic carbocycles. The molecule has 0 saturated carbocycles. The molecule has 38 heavy (non-hydrogen) atoms. The molecule has 0 aliphatic heterocycles. The molecule has 0 rings (SSSR count). The van der Waals surface area contributed by atoms with Crippen molar-refractivity contribution in [3.63, 3.8) is 0 Å². The molecular formula is C26H48NO10P. The van der Waals surface area contributed by atoms with Crippen molar-refractivity contribution >= 4 is 25.7 Å². The van der Waals surface area contributed by atoms with Gasteiger partial charge in [-0.1, -0.05) is 64.5 Å². The van der Waals surface area contributed by atoms with Crippen molar-refractivity contribution in [3.05, 3.63) is 12.2 Å². The van der Waals surface area contributed by atoms with E-state index in [-0.39, 0.29) is 12.8 Å². The number of hydrogen-bond donors (Lipinski definition) is 4. The van der Waals surface area contributed by atoms with E-state index in [1.807, 2.05) is 6.92 Å². The maximum atomic E-state index is 12.0. The van der Waals surface area contributed by atoms with Gasteiger partial charge in [-0.25, -0.2) is 9.36 Å². The van der Waals surface area contributed by atoms with Crippen LogP contribution in [0.4, 0.5) is 0 Å². The first-order valence-electron chi connectivity index (χ1n) is 13.7. The van der Waals surface area contributed by atoms with Gasteiger partial charge in [-0.3, -0.25) is 18.6 Å². The second-order valence-electron chi connectivity index (χ2n) is 9.23. The number of nitrogens with one attached hydrogen (secondary N) is 1. The summed E-state index contributed by atoms with van der Waals surface area (Å²) in [5.41, 5.74) is 0. The summed E-state index contributed by atoms with van der Waals surface area (Å²) in [4.78, 5) is 44.5. The second kappa shape index (κ2) is 23.1. The average molecular weight is 566 g/mol. The minimum atomic E-state index is -4.71. The number of phosphoric ester groups is 1. The van der Waals surface area contributed by atoms with Crippen LogP contribution >= 0.6 is 7.82 Å². The number of carbonyl (C=O) groups is 3. The minimum absolute atomic E-state index is 0.121. The molecule has 0 fully saturated rings. The van der Waals surface area contributed by atoms with Gasteiger partial charge in [0, 0.05) is 12.8 Å². The fourth-order valence-corrected chi connectivity index (χ4v) is 4.06. The van der Waals surface area contributed by atoms with Crippen LogP contribution in [0.15, 0.2) is 12.2 Å². The Morgan fingerprint density at radius 3 is 2.03 bits per heavy atom. The zero-order chi connectivity index (χ0) is 28.7. The molecule has 3 unspecified atom stereocenters. The Labute approximate surface area is 226 Å². The Morgan fingerprint density at radius 2 is 1.39 bits per heavy atom. The van der Waals surface area contributed by atoms with Crippen LogP contribution in [0, 0.1) is 0 Å². The van der Waals surface area contributed by atoms with E-state index in [0.717, 1.165) is 44.9 Å². The van der Waals surface area contributed by atoms with Crippen LogP contribution in [-0.2, 0) is 32.7 Å². The lowest BCUT2D eigenvalue weighted by molar-refractivity contribution is -0.147. The predicted molar refractivity (Wildman–Crippen MR) is 143 cm³/mol. The van der Waals surface area contributed by atoms with Crippen LogP contribution in [0.5, 0.6) is 0 Å². The largest absolute Gasteiger partial charge is 0.480 e. The molecular weight excluding hydrogens is 517 g/mol. The summed E-state index contributed by atoms with van der Waals surface area (Å²) in [6.07, 6.45) is 15.6. The molecule has 12 heteroatoms. The summed E-state index contributed by atoms with van der Waals surface area (Å²) < 4.78 is 26.2. The predicted octanol–water partition coefficient (Wildman–Crippen LogP) is 4.65. The first kappa shape index (κ1) is 36.2. The number of amides is 1. The van der Waals surface area contributed by atoms with Crippen molar-refractivity contribution < 1.29 is 47.8 Å². The molecule has 0 radical (unpaired) electrons. The molecule has 0 aromatic rings. The van der Waals surface area contributed by atoms with Crippen LogP contribution in [0.25, 0.3) is 0 Å². The Morgan fingerprint density at radius 1 is 0.816 bits per heavy atom. The summed E-state index contributed by atoms with van der Waals surface area (Å²) in [5, 5.41) is 21.2. The Hall–Kier alpha value is -1.78. The standard InChI is InChI=1S/C26H48NO10P/c1-3-5-7-8-9-10-11-12-13-14-15-16-18-25(30)35-19-22(28)20-36-38(33,34)37-21-23(26(31)32)27-24(29)17-6-4-2/h9-10,22-23,28H,3-8,11-21H2,1-2H3,(H,27,29)(H,31,32)(H,33,34)/b10-9-. The average Bonchev–Trinajstić information content (AvgIpc) is 2.87. The molecule has 0 spiro atoms. The number of phosphoric acid groups is 1. The van der Waals surface area contributed by atoms with E-state index in [0.29, 0.717) is 12.8 Å². The highest BCUT2D eigenvalue weighted by molar-refractivity contribution is 7.47. The van der Waals surface area contributed by atoms with Gasteiger partial charge >= 0.3 is 19.8 Å². The van der Waals surface area contributed by atoms with Gasteiger partial charge in [0.05, 0.1) is 13.2 Å². The molecule has 4 N–H and O–H groups in total. The lowest BCUT2D eigenvalue weighted by Crippen LogP contribution is -2.43. The second-order valence-corrected chi connectivity index (χ2v) is 10.7. The Bertz CT molecular complexity index is 731. The number of hydrogen-bond acceptors (Lipinski definition) is 8. The number of esters is 1. The van der Waals surface area contributed by atoms with Gasteiger partial charge in [-0.15, -0.1) is 0 Å². The minimum Gasteiger partial charge on any atom is -0.480 e. The van der Waals surface area contributed by atoms with Gasteiger partial charge in [0.25, 0.3) is 0 Å². The highest BCUT2D eigenvalue weighted by atomic mass is 31.2. The van der Waals surface area contributed by atoms with Gasteiger partial charge in [-0.05, 0) is 38.5 Å². The van der Waals surface area contributed by atoms with Crippen LogP contribution in [0.2, 0.25) is 0 Å². The number of aliphatic hydroxyl groups excluding tert-OH is 1. The molecule has 0 heterocycles. The van der Waals surface area contributed by atoms with Crippen molar-refractivity contribution in [1.29, 1.82) is 0 Å². The van der Waals surface area contributed by atoms with Crippen molar-refractivity contribution in [2.75, 3.05) is 19.8 Å². The number of aliphatic carboxylic acids is 1. The van der Waals surface area contributed by atoms with E-state index in [2.05, 4.69) is 33.4 Å². The smallest absolute Gasteiger partial charge is 0.472 e. The maximum absolute atomic E-state index is 12.0. The molecule has 222 valence electrons. The van der Waals surface area contributed by atoms with Gasteiger partial charge in [0.2, 0.25) is 5.91 Å². The number of ether oxygens (including phenoxy) is 1. The van der Waals surface area contributed by atoms with Crippen LogP contribution in [0.1, 0.15) is 104 Å². The zero-order valence-electron chi connectivity index (χ0n) is 23.0. The zero-order valence-corrected chi connectivity index (χ0v) is 23.9. The number of carboxylic acid groups (broad SMARTS) is 1. The molecule has 3 atom stereocenters. The number of rotatable bonds is 25. The van der Waals surface area contributed by atoms with E-state index in [9.17, 15) is 28.9 Å². The summed E-state index contributed by atoms with van der Waals surface area (Å²) in [6.45, 7) is 2.17. The Balaban J connectivity index is 3.97. The molecule has 0 aromatic heterocycles. The van der Waals surface area contributed by atoms with Crippen LogP contribution < -0.4 is 5.32 Å². The third-order valence-electron chi connectivity index (χ3n) is 5.55. The van der Waals surface area contributed by atoms with Crippen LogP contribution in [0.3, 0.4) is 0 Å². The quantitative estimate of drug-likeness (QED) is 0.0529. The van der Waals surface area contributed by atoms with Crippen molar-refractivity contribution in [2.45, 2.75) is 116 Å². The summed E-state index contributed by atoms with van der Waals surface area (Å²) >= 11 is 0. The Kier molecular flexibility index (Phi) is 22.1. The van der Waals surface area contributed by atoms with Crippen molar-refractivity contribution in [2.24, 2.45) is 0 Å². The van der Waals surface area contributed by atoms with Gasteiger partial charge in [0.15, 0.2) is 6.04 Å². The first-order valence-corrected chi connectivity index (χ1v) is 15.2. The lowest BCUT2D eigenvalue weighted by atomic mass is 10.1. The van der Waals surface area contributed by atoms with Gasteiger partial charge < -0.3 is 25.2 Å². The number of unbranched alkanes of at least 4 members (excludes halogenated alkanes) is 9. The topological polar surface area (TPSA) is 169 Å². The third kappa shape index (κ3) is 22.2. The number of allylic oxidation sites excluding steroid dienone is 2. The summed E-state index contributed by atoms with van der Waals surface area (Å²) in [7, 11) is -4.71. The van der Waals surface area contributed by atoms with E-state index in [1.165, 1.54) is 19.3 Å². The molecule has 0 bridgehead atoms. The lowest BCUT2D eigenvalue weighted by Gasteiger charge is -2.18. The first-order chi connectivity index (χ1) is 18.1. The van der Waals surface area contributed by atoms with Gasteiger partial charge in [0.1, 0.15) is 12.7 Å². The third-order valence-corrected chi connectivity index (χ3v) is 6.51. The van der Waals surface area contributed by atoms with E-state index < -0.39 is 57.6 Å².